The van der Waals surface area contributed by atoms with Crippen molar-refractivity contribution in [1.82, 2.24) is 30.1 Å². The van der Waals surface area contributed by atoms with Gasteiger partial charge in [-0.05, 0) is 42.5 Å². The van der Waals surface area contributed by atoms with Crippen LogP contribution in [0, 0.1) is 0 Å². The SMILES string of the molecule is COc1ccc(-c2nnc3ccc(OCCNC(=O)c4ccccn4)nn23)cc1. The predicted molar refractivity (Wildman–Crippen MR) is 105 cm³/mol. The van der Waals surface area contributed by atoms with Crippen LogP contribution in [0.5, 0.6) is 11.6 Å². The van der Waals surface area contributed by atoms with Crippen molar-refractivity contribution in [3.63, 3.8) is 0 Å². The van der Waals surface area contributed by atoms with Crippen LogP contribution in [-0.4, -0.2) is 51.0 Å². The number of methoxy groups -OCH3 is 1. The van der Waals surface area contributed by atoms with Gasteiger partial charge in [0.1, 0.15) is 18.1 Å². The maximum Gasteiger partial charge on any atom is 0.269 e. The molecule has 0 saturated heterocycles. The van der Waals surface area contributed by atoms with Crippen molar-refractivity contribution in [2.75, 3.05) is 20.3 Å². The molecule has 1 amide bonds. The lowest BCUT2D eigenvalue weighted by molar-refractivity contribution is 0.0941. The van der Waals surface area contributed by atoms with Crippen molar-refractivity contribution >= 4 is 11.6 Å². The highest BCUT2D eigenvalue weighted by atomic mass is 16.5. The summed E-state index contributed by atoms with van der Waals surface area (Å²) in [5.74, 6) is 1.50. The van der Waals surface area contributed by atoms with Crippen LogP contribution in [0.1, 0.15) is 10.5 Å². The van der Waals surface area contributed by atoms with Crippen molar-refractivity contribution in [3.8, 4) is 23.0 Å². The summed E-state index contributed by atoms with van der Waals surface area (Å²) < 4.78 is 12.4. The van der Waals surface area contributed by atoms with Gasteiger partial charge in [0.2, 0.25) is 5.88 Å². The van der Waals surface area contributed by atoms with Gasteiger partial charge in [-0.3, -0.25) is 9.78 Å². The van der Waals surface area contributed by atoms with Gasteiger partial charge >= 0.3 is 0 Å². The summed E-state index contributed by atoms with van der Waals surface area (Å²) >= 11 is 0. The highest BCUT2D eigenvalue weighted by Gasteiger charge is 2.11. The summed E-state index contributed by atoms with van der Waals surface area (Å²) in [6, 6.07) is 16.1. The van der Waals surface area contributed by atoms with Gasteiger partial charge in [-0.25, -0.2) is 0 Å². The fourth-order valence-electron chi connectivity index (χ4n) is 2.68. The van der Waals surface area contributed by atoms with E-state index in [2.05, 4.69) is 25.6 Å². The molecule has 4 rings (SSSR count). The molecule has 0 bridgehead atoms. The van der Waals surface area contributed by atoms with Crippen molar-refractivity contribution < 1.29 is 14.3 Å². The molecule has 0 spiro atoms. The van der Waals surface area contributed by atoms with Crippen LogP contribution in [-0.2, 0) is 0 Å². The second kappa shape index (κ2) is 8.34. The summed E-state index contributed by atoms with van der Waals surface area (Å²) in [7, 11) is 1.62. The van der Waals surface area contributed by atoms with E-state index in [-0.39, 0.29) is 12.5 Å². The largest absolute Gasteiger partial charge is 0.497 e. The van der Waals surface area contributed by atoms with Crippen molar-refractivity contribution in [1.29, 1.82) is 0 Å². The number of aromatic nitrogens is 5. The second-order valence-electron chi connectivity index (χ2n) is 6.01. The van der Waals surface area contributed by atoms with E-state index >= 15 is 0 Å². The molecule has 1 N–H and O–H groups in total. The Morgan fingerprint density at radius 2 is 1.93 bits per heavy atom. The van der Waals surface area contributed by atoms with Gasteiger partial charge in [-0.15, -0.1) is 15.3 Å². The highest BCUT2D eigenvalue weighted by Crippen LogP contribution is 2.21. The first-order chi connectivity index (χ1) is 14.2. The topological polar surface area (TPSA) is 104 Å². The molecule has 0 unspecified atom stereocenters. The quantitative estimate of drug-likeness (QED) is 0.481. The molecule has 3 aromatic heterocycles. The van der Waals surface area contributed by atoms with Crippen LogP contribution in [0.25, 0.3) is 17.0 Å². The molecule has 0 aliphatic heterocycles. The Hall–Kier alpha value is -4.01. The third-order valence-corrected chi connectivity index (χ3v) is 4.12. The van der Waals surface area contributed by atoms with Crippen LogP contribution in [0.3, 0.4) is 0 Å². The lowest BCUT2D eigenvalue weighted by atomic mass is 10.2. The van der Waals surface area contributed by atoms with E-state index in [1.807, 2.05) is 24.3 Å². The van der Waals surface area contributed by atoms with E-state index in [1.165, 1.54) is 0 Å². The third kappa shape index (κ3) is 4.13. The van der Waals surface area contributed by atoms with Crippen molar-refractivity contribution in [3.05, 3.63) is 66.5 Å². The van der Waals surface area contributed by atoms with Gasteiger partial charge in [0.05, 0.1) is 13.7 Å². The molecule has 0 saturated carbocycles. The monoisotopic (exact) mass is 390 g/mol. The smallest absolute Gasteiger partial charge is 0.269 e. The first kappa shape index (κ1) is 18.4. The Morgan fingerprint density at radius 3 is 2.69 bits per heavy atom. The fourth-order valence-corrected chi connectivity index (χ4v) is 2.68. The van der Waals surface area contributed by atoms with E-state index in [9.17, 15) is 4.79 Å². The number of carbonyl (C=O) groups excluding carboxylic acids is 1. The van der Waals surface area contributed by atoms with Gasteiger partial charge in [0, 0.05) is 17.8 Å². The number of hydrogen-bond donors (Lipinski definition) is 1. The maximum absolute atomic E-state index is 12.0. The van der Waals surface area contributed by atoms with E-state index < -0.39 is 0 Å². The molecule has 0 atom stereocenters. The number of rotatable bonds is 7. The molecular weight excluding hydrogens is 372 g/mol. The zero-order valence-corrected chi connectivity index (χ0v) is 15.6. The molecule has 0 aliphatic carbocycles. The molecule has 146 valence electrons. The zero-order valence-electron chi connectivity index (χ0n) is 15.6. The Morgan fingerprint density at radius 1 is 1.07 bits per heavy atom. The summed E-state index contributed by atoms with van der Waals surface area (Å²) in [4.78, 5) is 16.0. The Balaban J connectivity index is 1.41. The van der Waals surface area contributed by atoms with E-state index in [0.29, 0.717) is 29.6 Å². The molecule has 9 heteroatoms. The number of amides is 1. The first-order valence-electron chi connectivity index (χ1n) is 8.93. The van der Waals surface area contributed by atoms with E-state index in [1.54, 1.807) is 48.2 Å². The molecule has 3 heterocycles. The number of benzene rings is 1. The van der Waals surface area contributed by atoms with E-state index in [4.69, 9.17) is 9.47 Å². The average Bonchev–Trinajstić information content (AvgIpc) is 3.20. The minimum atomic E-state index is -0.252. The highest BCUT2D eigenvalue weighted by molar-refractivity contribution is 5.92. The van der Waals surface area contributed by atoms with Gasteiger partial charge < -0.3 is 14.8 Å². The molecule has 0 aliphatic rings. The average molecular weight is 390 g/mol. The lowest BCUT2D eigenvalue weighted by Gasteiger charge is -2.07. The number of carbonyl (C=O) groups is 1. The van der Waals surface area contributed by atoms with Gasteiger partial charge in [0.15, 0.2) is 11.5 Å². The van der Waals surface area contributed by atoms with Crippen LogP contribution in [0.4, 0.5) is 0 Å². The molecule has 0 fully saturated rings. The van der Waals surface area contributed by atoms with Crippen LogP contribution in [0.15, 0.2) is 60.8 Å². The number of nitrogens with one attached hydrogen (secondary N) is 1. The standard InChI is InChI=1S/C20H18N6O3/c1-28-15-7-5-14(6-8-15)19-24-23-17-9-10-18(25-26(17)19)29-13-12-22-20(27)16-4-2-3-11-21-16/h2-11H,12-13H2,1H3,(H,22,27). The molecule has 9 nitrogen and oxygen atoms in total. The zero-order chi connectivity index (χ0) is 20.1. The summed E-state index contributed by atoms with van der Waals surface area (Å²) in [5.41, 5.74) is 1.82. The number of fused-ring (bicyclic) bond motifs is 1. The Labute approximate surface area is 166 Å². The molecule has 4 aromatic rings. The number of pyridine rings is 1. The number of ether oxygens (including phenoxy) is 2. The van der Waals surface area contributed by atoms with E-state index in [0.717, 1.165) is 11.3 Å². The lowest BCUT2D eigenvalue weighted by Crippen LogP contribution is -2.28. The minimum Gasteiger partial charge on any atom is -0.497 e. The van der Waals surface area contributed by atoms with Gasteiger partial charge in [0.25, 0.3) is 5.91 Å². The van der Waals surface area contributed by atoms with Crippen LogP contribution < -0.4 is 14.8 Å². The molecule has 0 radical (unpaired) electrons. The molecule has 29 heavy (non-hydrogen) atoms. The summed E-state index contributed by atoms with van der Waals surface area (Å²) in [6.45, 7) is 0.583. The summed E-state index contributed by atoms with van der Waals surface area (Å²) in [5, 5.41) is 15.5. The van der Waals surface area contributed by atoms with Gasteiger partial charge in [-0.1, -0.05) is 6.07 Å². The van der Waals surface area contributed by atoms with Crippen LogP contribution in [0.2, 0.25) is 0 Å². The molecule has 1 aromatic carbocycles. The van der Waals surface area contributed by atoms with Crippen molar-refractivity contribution in [2.24, 2.45) is 0 Å². The fraction of sp³-hybridized carbons (Fsp3) is 0.150. The number of nitrogens with zero attached hydrogens (tertiary/aromatic N) is 5. The van der Waals surface area contributed by atoms with Crippen LogP contribution >= 0.6 is 0 Å². The van der Waals surface area contributed by atoms with Gasteiger partial charge in [-0.2, -0.15) is 4.52 Å². The predicted octanol–water partition coefficient (Wildman–Crippen LogP) is 2.00. The normalized spacial score (nSPS) is 10.7. The first-order valence-corrected chi connectivity index (χ1v) is 8.93. The maximum atomic E-state index is 12.0. The summed E-state index contributed by atoms with van der Waals surface area (Å²) in [6.07, 6.45) is 1.57. The Kier molecular flexibility index (Phi) is 5.28. The number of hydrogen-bond acceptors (Lipinski definition) is 7. The third-order valence-electron chi connectivity index (χ3n) is 4.12. The second-order valence-corrected chi connectivity index (χ2v) is 6.01. The van der Waals surface area contributed by atoms with Crippen molar-refractivity contribution in [2.45, 2.75) is 0 Å². The molecular formula is C20H18N6O3. The minimum absolute atomic E-state index is 0.252. The Bertz CT molecular complexity index is 1110.